The smallest absolute Gasteiger partial charge is 0.438 e. The summed E-state index contributed by atoms with van der Waals surface area (Å²) >= 11 is 0. The second-order valence-corrected chi connectivity index (χ2v) is 9.01. The van der Waals surface area contributed by atoms with Crippen molar-refractivity contribution in [2.24, 2.45) is 0 Å². The first-order valence-corrected chi connectivity index (χ1v) is 11.9. The molecular weight excluding hydrogens is 446 g/mol. The van der Waals surface area contributed by atoms with Gasteiger partial charge in [0.05, 0.1) is 36.1 Å². The summed E-state index contributed by atoms with van der Waals surface area (Å²) in [6.07, 6.45) is 0.446. The monoisotopic (exact) mass is 477 g/mol. The van der Waals surface area contributed by atoms with Crippen molar-refractivity contribution in [3.8, 4) is 11.4 Å². The Kier molecular flexibility index (Phi) is 6.91. The van der Waals surface area contributed by atoms with Gasteiger partial charge in [0.25, 0.3) is 5.56 Å². The lowest BCUT2D eigenvalue weighted by Gasteiger charge is -2.26. The molecule has 2 aromatic heterocycles. The van der Waals surface area contributed by atoms with E-state index >= 15 is 0 Å². The number of nitrogens with zero attached hydrogens (tertiary/aromatic N) is 3. The van der Waals surface area contributed by atoms with Crippen LogP contribution in [0.5, 0.6) is 0 Å². The zero-order valence-electron chi connectivity index (χ0n) is 20.9. The number of carbonyl (C=O) groups is 2. The molecule has 1 aliphatic rings. The molecule has 1 aliphatic heterocycles. The topological polar surface area (TPSA) is 90.7 Å². The first kappa shape index (κ1) is 24.4. The predicted molar refractivity (Wildman–Crippen MR) is 133 cm³/mol. The molecule has 0 bridgehead atoms. The van der Waals surface area contributed by atoms with Crippen LogP contribution >= 0.6 is 0 Å². The molecule has 0 atom stereocenters. The average Bonchev–Trinajstić information content (AvgIpc) is 3.20. The molecule has 0 spiro atoms. The Morgan fingerprint density at radius 3 is 2.60 bits per heavy atom. The summed E-state index contributed by atoms with van der Waals surface area (Å²) in [6.45, 7) is 8.39. The van der Waals surface area contributed by atoms with E-state index in [1.54, 1.807) is 11.5 Å². The van der Waals surface area contributed by atoms with Crippen molar-refractivity contribution in [2.75, 3.05) is 13.7 Å². The highest BCUT2D eigenvalue weighted by Gasteiger charge is 2.28. The zero-order chi connectivity index (χ0) is 25.3. The lowest BCUT2D eigenvalue weighted by molar-refractivity contribution is -0.130. The second kappa shape index (κ2) is 9.90. The number of rotatable bonds is 7. The van der Waals surface area contributed by atoms with Crippen LogP contribution in [0.3, 0.4) is 0 Å². The van der Waals surface area contributed by atoms with Crippen LogP contribution in [0.15, 0.2) is 35.1 Å². The van der Waals surface area contributed by atoms with Crippen LogP contribution in [0.2, 0.25) is 0 Å². The maximum absolute atomic E-state index is 13.5. The summed E-state index contributed by atoms with van der Waals surface area (Å²) in [5.74, 6) is 0.0392. The van der Waals surface area contributed by atoms with Gasteiger partial charge in [0, 0.05) is 30.5 Å². The van der Waals surface area contributed by atoms with Crippen molar-refractivity contribution in [2.45, 2.75) is 59.7 Å². The number of hydrogen-bond donors (Lipinski definition) is 0. The van der Waals surface area contributed by atoms with Gasteiger partial charge in [0.2, 0.25) is 5.91 Å². The third-order valence-corrected chi connectivity index (χ3v) is 6.68. The highest BCUT2D eigenvalue weighted by atomic mass is 16.7. The molecule has 8 heteroatoms. The van der Waals surface area contributed by atoms with E-state index < -0.39 is 6.16 Å². The number of carbonyl (C=O) groups excluding carboxylic acids is 2. The summed E-state index contributed by atoms with van der Waals surface area (Å²) in [7, 11) is 1.24. The Bertz CT molecular complexity index is 1360. The minimum Gasteiger partial charge on any atom is -0.438 e. The Labute approximate surface area is 204 Å². The predicted octanol–water partition coefficient (Wildman–Crippen LogP) is 4.07. The van der Waals surface area contributed by atoms with Crippen LogP contribution in [0.1, 0.15) is 49.9 Å². The van der Waals surface area contributed by atoms with Crippen molar-refractivity contribution >= 4 is 23.0 Å². The molecule has 35 heavy (non-hydrogen) atoms. The number of pyridine rings is 2. The van der Waals surface area contributed by atoms with Gasteiger partial charge in [-0.3, -0.25) is 9.59 Å². The summed E-state index contributed by atoms with van der Waals surface area (Å²) in [5.41, 5.74) is 5.60. The summed E-state index contributed by atoms with van der Waals surface area (Å²) < 4.78 is 11.4. The number of hydrogen-bond acceptors (Lipinski definition) is 6. The molecule has 0 radical (unpaired) electrons. The molecule has 0 saturated carbocycles. The minimum atomic E-state index is -0.824. The van der Waals surface area contributed by atoms with E-state index in [4.69, 9.17) is 9.72 Å². The zero-order valence-corrected chi connectivity index (χ0v) is 20.9. The van der Waals surface area contributed by atoms with Crippen LogP contribution in [-0.2, 0) is 40.3 Å². The summed E-state index contributed by atoms with van der Waals surface area (Å²) in [4.78, 5) is 44.0. The third-order valence-electron chi connectivity index (χ3n) is 6.68. The van der Waals surface area contributed by atoms with Gasteiger partial charge in [-0.25, -0.2) is 9.78 Å². The molecule has 0 unspecified atom stereocenters. The number of benzene rings is 1. The third kappa shape index (κ3) is 4.52. The van der Waals surface area contributed by atoms with Crippen molar-refractivity contribution in [3.05, 3.63) is 62.9 Å². The van der Waals surface area contributed by atoms with Gasteiger partial charge in [0.15, 0.2) is 0 Å². The van der Waals surface area contributed by atoms with E-state index in [1.807, 2.05) is 56.0 Å². The van der Waals surface area contributed by atoms with E-state index in [2.05, 4.69) is 4.74 Å². The van der Waals surface area contributed by atoms with Gasteiger partial charge in [0.1, 0.15) is 6.61 Å². The summed E-state index contributed by atoms with van der Waals surface area (Å²) in [6, 6.07) is 10.0. The molecule has 8 nitrogen and oxygen atoms in total. The van der Waals surface area contributed by atoms with Crippen LogP contribution in [0, 0.1) is 0 Å². The van der Waals surface area contributed by atoms with Crippen LogP contribution < -0.4 is 5.56 Å². The largest absolute Gasteiger partial charge is 0.508 e. The van der Waals surface area contributed by atoms with Gasteiger partial charge < -0.3 is 18.9 Å². The van der Waals surface area contributed by atoms with Crippen molar-refractivity contribution < 1.29 is 19.1 Å². The van der Waals surface area contributed by atoms with Crippen LogP contribution in [0.25, 0.3) is 22.3 Å². The number of aromatic nitrogens is 2. The molecule has 0 saturated heterocycles. The number of fused-ring (bicyclic) bond motifs is 4. The lowest BCUT2D eigenvalue weighted by atomic mass is 9.97. The van der Waals surface area contributed by atoms with Crippen molar-refractivity contribution in [1.29, 1.82) is 0 Å². The quantitative estimate of drug-likeness (QED) is 0.373. The fraction of sp³-hybridized carbons (Fsp3) is 0.407. The number of ether oxygens (including phenoxy) is 2. The fourth-order valence-corrected chi connectivity index (χ4v) is 4.91. The van der Waals surface area contributed by atoms with Gasteiger partial charge in [-0.05, 0) is 49.9 Å². The van der Waals surface area contributed by atoms with Gasteiger partial charge >= 0.3 is 6.16 Å². The minimum absolute atomic E-state index is 0.0392. The Morgan fingerprint density at radius 2 is 1.94 bits per heavy atom. The van der Waals surface area contributed by atoms with E-state index in [0.717, 1.165) is 39.0 Å². The standard InChI is InChI=1S/C27H31N3O5/c1-6-18-13-24-25-21(14-30(24)26(32)22(18)15-35-27(33)34-5)19(11-12-29(16(2)3)17(4)31)20-9-7-8-10-23(20)28-25/h7-10,13,16H,6,11-12,14-15H2,1-5H3. The van der Waals surface area contributed by atoms with E-state index in [9.17, 15) is 14.4 Å². The molecular formula is C27H31N3O5. The molecule has 3 heterocycles. The average molecular weight is 478 g/mol. The fourth-order valence-electron chi connectivity index (χ4n) is 4.91. The van der Waals surface area contributed by atoms with Gasteiger partial charge in [-0.2, -0.15) is 0 Å². The molecule has 3 aromatic rings. The first-order valence-electron chi connectivity index (χ1n) is 11.9. The maximum Gasteiger partial charge on any atom is 0.508 e. The van der Waals surface area contributed by atoms with E-state index in [1.165, 1.54) is 7.11 Å². The molecule has 0 N–H and O–H groups in total. The number of para-hydroxylation sites is 1. The normalized spacial score (nSPS) is 11.9. The maximum atomic E-state index is 13.5. The Hall–Kier alpha value is -3.68. The summed E-state index contributed by atoms with van der Waals surface area (Å²) in [5, 5.41) is 1.03. The molecule has 1 amide bonds. The SMILES string of the molecule is CCc1cc2n(c(=O)c1COC(=O)OC)Cc1c-2nc2ccccc2c1CCN(C(C)=O)C(C)C. The van der Waals surface area contributed by atoms with Crippen LogP contribution in [-0.4, -0.2) is 46.2 Å². The van der Waals surface area contributed by atoms with E-state index in [-0.39, 0.29) is 24.1 Å². The van der Waals surface area contributed by atoms with Crippen LogP contribution in [0.4, 0.5) is 4.79 Å². The highest BCUT2D eigenvalue weighted by molar-refractivity contribution is 5.88. The first-order chi connectivity index (χ1) is 16.8. The number of methoxy groups -OCH3 is 1. The van der Waals surface area contributed by atoms with Crippen molar-refractivity contribution in [1.82, 2.24) is 14.5 Å². The highest BCUT2D eigenvalue weighted by Crippen LogP contribution is 2.36. The van der Waals surface area contributed by atoms with Gasteiger partial charge in [-0.15, -0.1) is 0 Å². The second-order valence-electron chi connectivity index (χ2n) is 9.01. The number of aryl methyl sites for hydroxylation is 1. The molecule has 184 valence electrons. The molecule has 1 aromatic carbocycles. The number of amides is 1. The Balaban J connectivity index is 1.82. The van der Waals surface area contributed by atoms with Crippen molar-refractivity contribution in [3.63, 3.8) is 0 Å². The molecule has 4 rings (SSSR count). The van der Waals surface area contributed by atoms with E-state index in [0.29, 0.717) is 31.5 Å². The lowest BCUT2D eigenvalue weighted by Crippen LogP contribution is -2.36. The molecule has 0 aliphatic carbocycles. The Morgan fingerprint density at radius 1 is 1.20 bits per heavy atom. The molecule has 0 fully saturated rings. The van der Waals surface area contributed by atoms with Gasteiger partial charge in [-0.1, -0.05) is 25.1 Å².